The number of hydrogen-bond donors (Lipinski definition) is 6. The summed E-state index contributed by atoms with van der Waals surface area (Å²) < 4.78 is 0. The zero-order valence-electron chi connectivity index (χ0n) is 9.09. The van der Waals surface area contributed by atoms with Gasteiger partial charge in [-0.15, -0.1) is 0 Å². The Morgan fingerprint density at radius 1 is 1.06 bits per heavy atom. The molecule has 100 valence electrons. The van der Waals surface area contributed by atoms with Crippen LogP contribution in [0.5, 0.6) is 0 Å². The number of nitrogens with two attached hydrogens (primary N) is 2. The number of aliphatic carboxylic acids is 2. The van der Waals surface area contributed by atoms with E-state index < -0.39 is 24.1 Å². The molecule has 1 heterocycles. The second-order valence-electron chi connectivity index (χ2n) is 3.07. The van der Waals surface area contributed by atoms with Crippen LogP contribution in [-0.4, -0.2) is 49.6 Å². The fraction of sp³-hybridized carbons (Fsp3) is 0.222. The van der Waals surface area contributed by atoms with Crippen LogP contribution in [0.1, 0.15) is 0 Å². The van der Waals surface area contributed by atoms with Gasteiger partial charge in [-0.3, -0.25) is 4.98 Å². The van der Waals surface area contributed by atoms with E-state index in [0.717, 1.165) is 0 Å². The molecule has 0 aliphatic rings. The van der Waals surface area contributed by atoms with Gasteiger partial charge in [0.1, 0.15) is 0 Å². The van der Waals surface area contributed by atoms with Crippen molar-refractivity contribution in [3.05, 3.63) is 18.5 Å². The summed E-state index contributed by atoms with van der Waals surface area (Å²) in [6.07, 6.45) is -1.41. The molecule has 1 aromatic rings. The van der Waals surface area contributed by atoms with Crippen LogP contribution < -0.4 is 11.5 Å². The summed E-state index contributed by atoms with van der Waals surface area (Å²) in [5.74, 6) is -3.54. The Balaban J connectivity index is 0.000000327. The molecule has 0 saturated heterocycles. The van der Waals surface area contributed by atoms with Crippen molar-refractivity contribution in [1.29, 1.82) is 0 Å². The number of rotatable bonds is 3. The molecule has 1 rings (SSSR count). The molecule has 8 N–H and O–H groups in total. The molecule has 1 aromatic heterocycles. The summed E-state index contributed by atoms with van der Waals surface area (Å²) in [6, 6.07) is 1.66. The molecular formula is C9H13N3O6. The zero-order valence-corrected chi connectivity index (χ0v) is 9.09. The summed E-state index contributed by atoms with van der Waals surface area (Å²) in [4.78, 5) is 23.3. The third-order valence-corrected chi connectivity index (χ3v) is 1.69. The van der Waals surface area contributed by atoms with Gasteiger partial charge < -0.3 is 31.9 Å². The van der Waals surface area contributed by atoms with Crippen molar-refractivity contribution < 1.29 is 30.0 Å². The molecule has 0 aromatic carbocycles. The van der Waals surface area contributed by atoms with Gasteiger partial charge >= 0.3 is 11.9 Å². The van der Waals surface area contributed by atoms with E-state index in [1.54, 1.807) is 12.3 Å². The summed E-state index contributed by atoms with van der Waals surface area (Å²) in [6.45, 7) is 0. The van der Waals surface area contributed by atoms with Gasteiger partial charge in [-0.1, -0.05) is 0 Å². The lowest BCUT2D eigenvalue weighted by molar-refractivity contribution is -0.165. The van der Waals surface area contributed by atoms with E-state index in [2.05, 4.69) is 4.98 Å². The highest BCUT2D eigenvalue weighted by molar-refractivity contribution is 5.83. The topological polar surface area (TPSA) is 180 Å². The minimum Gasteiger partial charge on any atom is -0.479 e. The van der Waals surface area contributed by atoms with Gasteiger partial charge in [0.05, 0.1) is 17.6 Å². The first kappa shape index (κ1) is 15.6. The lowest BCUT2D eigenvalue weighted by atomic mass is 10.2. The molecular weight excluding hydrogens is 246 g/mol. The lowest BCUT2D eigenvalue weighted by Gasteiger charge is -2.07. The Morgan fingerprint density at radius 3 is 1.72 bits per heavy atom. The van der Waals surface area contributed by atoms with Crippen LogP contribution in [0.3, 0.4) is 0 Å². The van der Waals surface area contributed by atoms with Crippen LogP contribution in [0.15, 0.2) is 18.5 Å². The predicted octanol–water partition coefficient (Wildman–Crippen LogP) is -1.88. The average Bonchev–Trinajstić information content (AvgIpc) is 2.31. The number of carboxylic acid groups (broad SMARTS) is 2. The first-order chi connectivity index (χ1) is 8.27. The molecule has 0 spiro atoms. The maximum absolute atomic E-state index is 9.77. The van der Waals surface area contributed by atoms with Gasteiger partial charge in [0.15, 0.2) is 12.2 Å². The number of aromatic nitrogens is 1. The molecule has 9 nitrogen and oxygen atoms in total. The van der Waals surface area contributed by atoms with Crippen LogP contribution >= 0.6 is 0 Å². The van der Waals surface area contributed by atoms with E-state index in [1.165, 1.54) is 6.20 Å². The molecule has 0 saturated carbocycles. The van der Waals surface area contributed by atoms with Gasteiger partial charge in [-0.05, 0) is 6.07 Å². The Hall–Kier alpha value is -2.39. The van der Waals surface area contributed by atoms with Crippen LogP contribution in [0.2, 0.25) is 0 Å². The Bertz CT molecular complexity index is 386. The number of pyridine rings is 1. The molecule has 0 fully saturated rings. The number of carboxylic acids is 2. The van der Waals surface area contributed by atoms with E-state index in [9.17, 15) is 9.59 Å². The van der Waals surface area contributed by atoms with E-state index >= 15 is 0 Å². The molecule has 0 aliphatic carbocycles. The van der Waals surface area contributed by atoms with Crippen molar-refractivity contribution >= 4 is 23.3 Å². The molecule has 0 radical (unpaired) electrons. The summed E-state index contributed by atoms with van der Waals surface area (Å²) in [5, 5.41) is 32.5. The number of nitrogen functional groups attached to an aromatic ring is 2. The van der Waals surface area contributed by atoms with Crippen LogP contribution in [0.4, 0.5) is 11.4 Å². The van der Waals surface area contributed by atoms with Crippen molar-refractivity contribution in [2.24, 2.45) is 0 Å². The van der Waals surface area contributed by atoms with Crippen molar-refractivity contribution in [3.63, 3.8) is 0 Å². The third-order valence-electron chi connectivity index (χ3n) is 1.69. The highest BCUT2D eigenvalue weighted by atomic mass is 16.4. The summed E-state index contributed by atoms with van der Waals surface area (Å²) in [7, 11) is 0. The van der Waals surface area contributed by atoms with Crippen molar-refractivity contribution in [2.45, 2.75) is 12.2 Å². The van der Waals surface area contributed by atoms with E-state index in [-0.39, 0.29) is 0 Å². The largest absolute Gasteiger partial charge is 0.479 e. The third kappa shape index (κ3) is 5.09. The van der Waals surface area contributed by atoms with E-state index in [4.69, 9.17) is 31.9 Å². The first-order valence-electron chi connectivity index (χ1n) is 4.54. The fourth-order valence-electron chi connectivity index (χ4n) is 0.688. The minimum atomic E-state index is -2.27. The average molecular weight is 259 g/mol. The van der Waals surface area contributed by atoms with Gasteiger partial charge in [-0.25, -0.2) is 9.59 Å². The normalized spacial score (nSPS) is 12.8. The van der Waals surface area contributed by atoms with Crippen LogP contribution in [0, 0.1) is 0 Å². The first-order valence-corrected chi connectivity index (χ1v) is 4.54. The summed E-state index contributed by atoms with van der Waals surface area (Å²) in [5.41, 5.74) is 11.8. The Labute approximate surface area is 101 Å². The molecule has 0 aliphatic heterocycles. The SMILES string of the molecule is Nc1ccncc1N.O=C(O)C(O)C(O)C(=O)O. The molecule has 0 amide bonds. The second kappa shape index (κ2) is 7.04. The number of aliphatic hydroxyl groups is 2. The van der Waals surface area contributed by atoms with E-state index in [1.807, 2.05) is 0 Å². The molecule has 0 bridgehead atoms. The minimum absolute atomic E-state index is 0.535. The maximum Gasteiger partial charge on any atom is 0.335 e. The highest BCUT2D eigenvalue weighted by Crippen LogP contribution is 2.08. The smallest absolute Gasteiger partial charge is 0.335 e. The lowest BCUT2D eigenvalue weighted by Crippen LogP contribution is -2.39. The molecule has 2 unspecified atom stereocenters. The van der Waals surface area contributed by atoms with Gasteiger partial charge in [0, 0.05) is 6.20 Å². The second-order valence-corrected chi connectivity index (χ2v) is 3.07. The zero-order chi connectivity index (χ0) is 14.3. The van der Waals surface area contributed by atoms with Gasteiger partial charge in [0.2, 0.25) is 0 Å². The molecule has 9 heteroatoms. The number of carbonyl (C=O) groups is 2. The summed E-state index contributed by atoms with van der Waals surface area (Å²) >= 11 is 0. The quantitative estimate of drug-likeness (QED) is 0.362. The monoisotopic (exact) mass is 259 g/mol. The van der Waals surface area contributed by atoms with Crippen molar-refractivity contribution in [1.82, 2.24) is 4.98 Å². The van der Waals surface area contributed by atoms with Crippen molar-refractivity contribution in [3.8, 4) is 0 Å². The van der Waals surface area contributed by atoms with Crippen LogP contribution in [-0.2, 0) is 9.59 Å². The van der Waals surface area contributed by atoms with Crippen LogP contribution in [0.25, 0.3) is 0 Å². The fourth-order valence-corrected chi connectivity index (χ4v) is 0.688. The van der Waals surface area contributed by atoms with E-state index in [0.29, 0.717) is 11.4 Å². The number of hydrogen-bond acceptors (Lipinski definition) is 7. The number of nitrogens with zero attached hydrogens (tertiary/aromatic N) is 1. The van der Waals surface area contributed by atoms with Gasteiger partial charge in [0.25, 0.3) is 0 Å². The Morgan fingerprint density at radius 2 is 1.50 bits per heavy atom. The van der Waals surface area contributed by atoms with Crippen molar-refractivity contribution in [2.75, 3.05) is 11.5 Å². The number of anilines is 2. The molecule has 2 atom stereocenters. The predicted molar refractivity (Wildman–Crippen MR) is 60.3 cm³/mol. The highest BCUT2D eigenvalue weighted by Gasteiger charge is 2.29. The maximum atomic E-state index is 9.77. The Kier molecular flexibility index (Phi) is 6.10. The number of aliphatic hydroxyl groups excluding tert-OH is 2. The molecule has 18 heavy (non-hydrogen) atoms. The standard InChI is InChI=1S/C5H7N3.C4H6O6/c6-4-1-2-8-3-5(4)7;5-1(3(7)8)2(6)4(9)10/h1-3H,7H2,(H2,6,8);1-2,5-6H,(H,7,8)(H,9,10). The van der Waals surface area contributed by atoms with Gasteiger partial charge in [-0.2, -0.15) is 0 Å².